The molecule has 0 spiro atoms. The number of hydrogen-bond donors (Lipinski definition) is 1. The lowest BCUT2D eigenvalue weighted by Crippen LogP contribution is -2.19. The Morgan fingerprint density at radius 3 is 2.52 bits per heavy atom. The zero-order chi connectivity index (χ0) is 18.8. The van der Waals surface area contributed by atoms with Gasteiger partial charge in [-0.3, -0.25) is 4.79 Å². The smallest absolute Gasteiger partial charge is 0.264 e. The summed E-state index contributed by atoms with van der Waals surface area (Å²) in [5.74, 6) is 1.14. The monoisotopic (exact) mass is 394 g/mol. The lowest BCUT2D eigenvalue weighted by Gasteiger charge is -1.97. The van der Waals surface area contributed by atoms with E-state index in [-0.39, 0.29) is 5.91 Å². The van der Waals surface area contributed by atoms with Gasteiger partial charge in [0.1, 0.15) is 11.5 Å². The Kier molecular flexibility index (Phi) is 4.88. The minimum absolute atomic E-state index is 0.185. The fourth-order valence-corrected chi connectivity index (χ4v) is 3.49. The zero-order valence-electron chi connectivity index (χ0n) is 14.4. The van der Waals surface area contributed by atoms with Crippen LogP contribution in [0.5, 0.6) is 0 Å². The van der Waals surface area contributed by atoms with Crippen LogP contribution in [0.4, 0.5) is 5.69 Å². The van der Waals surface area contributed by atoms with Crippen LogP contribution in [0.15, 0.2) is 75.0 Å². The number of hydrogen-bond acceptors (Lipinski definition) is 4. The van der Waals surface area contributed by atoms with Crippen molar-refractivity contribution in [1.29, 1.82) is 0 Å². The summed E-state index contributed by atoms with van der Waals surface area (Å²) in [6.45, 7) is 2.02. The van der Waals surface area contributed by atoms with E-state index >= 15 is 0 Å². The third-order valence-electron chi connectivity index (χ3n) is 3.94. The van der Waals surface area contributed by atoms with Crippen LogP contribution in [0.2, 0.25) is 5.02 Å². The molecule has 6 heteroatoms. The summed E-state index contributed by atoms with van der Waals surface area (Å²) >= 11 is 7.21. The molecule has 1 N–H and O–H groups in total. The molecule has 0 saturated carbocycles. The second-order valence-corrected chi connectivity index (χ2v) is 7.49. The topological polar surface area (TPSA) is 54.6 Å². The Labute approximate surface area is 166 Å². The van der Waals surface area contributed by atoms with Gasteiger partial charge in [-0.25, -0.2) is 4.99 Å². The van der Waals surface area contributed by atoms with Gasteiger partial charge in [0.25, 0.3) is 5.91 Å². The number of benzene rings is 2. The van der Waals surface area contributed by atoms with E-state index < -0.39 is 0 Å². The summed E-state index contributed by atoms with van der Waals surface area (Å²) in [6, 6.07) is 18.9. The average molecular weight is 395 g/mol. The highest BCUT2D eigenvalue weighted by Crippen LogP contribution is 2.30. The van der Waals surface area contributed by atoms with E-state index in [9.17, 15) is 4.79 Å². The molecule has 0 unspecified atom stereocenters. The van der Waals surface area contributed by atoms with Gasteiger partial charge in [0.2, 0.25) is 0 Å². The Bertz CT molecular complexity index is 1050. The number of furan rings is 1. The van der Waals surface area contributed by atoms with E-state index in [0.29, 0.717) is 20.9 Å². The summed E-state index contributed by atoms with van der Waals surface area (Å²) in [5.41, 5.74) is 2.89. The molecule has 4 rings (SSSR count). The van der Waals surface area contributed by atoms with Crippen molar-refractivity contribution in [2.45, 2.75) is 6.92 Å². The lowest BCUT2D eigenvalue weighted by molar-refractivity contribution is -0.115. The first kappa shape index (κ1) is 17.6. The molecule has 4 nitrogen and oxygen atoms in total. The molecule has 1 aromatic heterocycles. The van der Waals surface area contributed by atoms with Crippen molar-refractivity contribution in [3.63, 3.8) is 0 Å². The van der Waals surface area contributed by atoms with Crippen LogP contribution >= 0.6 is 23.4 Å². The maximum atomic E-state index is 12.2. The van der Waals surface area contributed by atoms with Crippen molar-refractivity contribution in [3.8, 4) is 11.3 Å². The van der Waals surface area contributed by atoms with Crippen LogP contribution in [0.25, 0.3) is 17.4 Å². The van der Waals surface area contributed by atoms with Crippen molar-refractivity contribution in [2.75, 3.05) is 0 Å². The van der Waals surface area contributed by atoms with Gasteiger partial charge in [0, 0.05) is 16.7 Å². The highest BCUT2D eigenvalue weighted by molar-refractivity contribution is 8.18. The van der Waals surface area contributed by atoms with Gasteiger partial charge < -0.3 is 9.73 Å². The normalized spacial score (nSPS) is 16.9. The minimum atomic E-state index is -0.185. The summed E-state index contributed by atoms with van der Waals surface area (Å²) in [7, 11) is 0. The number of nitrogens with one attached hydrogen (secondary N) is 1. The standard InChI is InChI=1S/C21H15ClN2O2S/c1-13-2-8-16(9-3-13)23-21-24-20(25)19(27-21)12-17-10-11-18(26-17)14-4-6-15(22)7-5-14/h2-12H,1H3,(H,23,24,25)/b19-12-. The Morgan fingerprint density at radius 1 is 1.04 bits per heavy atom. The van der Waals surface area contributed by atoms with Gasteiger partial charge in [0.15, 0.2) is 5.17 Å². The number of aliphatic imine (C=N–C) groups is 1. The van der Waals surface area contributed by atoms with Crippen LogP contribution in [0.1, 0.15) is 11.3 Å². The quantitative estimate of drug-likeness (QED) is 0.571. The molecule has 134 valence electrons. The van der Waals surface area contributed by atoms with Crippen molar-refractivity contribution < 1.29 is 9.21 Å². The molecule has 1 amide bonds. The van der Waals surface area contributed by atoms with E-state index in [1.807, 2.05) is 67.6 Å². The van der Waals surface area contributed by atoms with Gasteiger partial charge in [-0.2, -0.15) is 0 Å². The van der Waals surface area contributed by atoms with Gasteiger partial charge in [-0.1, -0.05) is 29.3 Å². The molecule has 2 aromatic carbocycles. The van der Waals surface area contributed by atoms with Gasteiger partial charge in [0.05, 0.1) is 10.6 Å². The van der Waals surface area contributed by atoms with Crippen molar-refractivity contribution >= 4 is 46.2 Å². The fraction of sp³-hybridized carbons (Fsp3) is 0.0476. The lowest BCUT2D eigenvalue weighted by atomic mass is 10.2. The van der Waals surface area contributed by atoms with Crippen molar-refractivity contribution in [1.82, 2.24) is 5.32 Å². The maximum Gasteiger partial charge on any atom is 0.264 e. The van der Waals surface area contributed by atoms with Crippen LogP contribution in [-0.4, -0.2) is 11.1 Å². The average Bonchev–Trinajstić information content (AvgIpc) is 3.25. The first-order valence-corrected chi connectivity index (χ1v) is 9.48. The van der Waals surface area contributed by atoms with Crippen LogP contribution in [-0.2, 0) is 4.79 Å². The molecular weight excluding hydrogens is 380 g/mol. The van der Waals surface area contributed by atoms with Gasteiger partial charge in [-0.15, -0.1) is 0 Å². The molecule has 1 aliphatic rings. The van der Waals surface area contributed by atoms with Crippen molar-refractivity contribution in [2.24, 2.45) is 4.99 Å². The molecular formula is C21H15ClN2O2S. The van der Waals surface area contributed by atoms with Gasteiger partial charge >= 0.3 is 0 Å². The number of thioether (sulfide) groups is 1. The van der Waals surface area contributed by atoms with E-state index in [1.54, 1.807) is 6.08 Å². The highest BCUT2D eigenvalue weighted by atomic mass is 35.5. The van der Waals surface area contributed by atoms with Crippen LogP contribution in [0, 0.1) is 6.92 Å². The molecule has 1 saturated heterocycles. The van der Waals surface area contributed by atoms with Crippen LogP contribution < -0.4 is 5.32 Å². The molecule has 27 heavy (non-hydrogen) atoms. The molecule has 0 aliphatic carbocycles. The summed E-state index contributed by atoms with van der Waals surface area (Å²) in [6.07, 6.45) is 1.72. The summed E-state index contributed by atoms with van der Waals surface area (Å²) in [5, 5.41) is 4.01. The summed E-state index contributed by atoms with van der Waals surface area (Å²) in [4.78, 5) is 17.2. The molecule has 1 aliphatic heterocycles. The second kappa shape index (κ2) is 7.47. The highest BCUT2D eigenvalue weighted by Gasteiger charge is 2.24. The Balaban J connectivity index is 1.53. The second-order valence-electron chi connectivity index (χ2n) is 6.03. The van der Waals surface area contributed by atoms with Crippen LogP contribution in [0.3, 0.4) is 0 Å². The zero-order valence-corrected chi connectivity index (χ0v) is 16.0. The minimum Gasteiger partial charge on any atom is -0.457 e. The molecule has 0 bridgehead atoms. The largest absolute Gasteiger partial charge is 0.457 e. The SMILES string of the molecule is Cc1ccc(N=C2NC(=O)/C(=C/c3ccc(-c4ccc(Cl)cc4)o3)S2)cc1. The van der Waals surface area contributed by atoms with E-state index in [1.165, 1.54) is 11.8 Å². The number of nitrogens with zero attached hydrogens (tertiary/aromatic N) is 1. The van der Waals surface area contributed by atoms with Crippen molar-refractivity contribution in [3.05, 3.63) is 81.9 Å². The molecule has 1 fully saturated rings. The maximum absolute atomic E-state index is 12.2. The van der Waals surface area contributed by atoms with E-state index in [2.05, 4.69) is 10.3 Å². The molecule has 2 heterocycles. The number of amidine groups is 1. The molecule has 0 atom stereocenters. The predicted octanol–water partition coefficient (Wildman–Crippen LogP) is 5.80. The van der Waals surface area contributed by atoms with E-state index in [4.69, 9.17) is 16.0 Å². The first-order valence-electron chi connectivity index (χ1n) is 8.29. The van der Waals surface area contributed by atoms with Gasteiger partial charge in [-0.05, 0) is 67.2 Å². The first-order chi connectivity index (χ1) is 13.1. The predicted molar refractivity (Wildman–Crippen MR) is 111 cm³/mol. The number of aryl methyl sites for hydroxylation is 1. The fourth-order valence-electron chi connectivity index (χ4n) is 2.55. The summed E-state index contributed by atoms with van der Waals surface area (Å²) < 4.78 is 5.83. The Morgan fingerprint density at radius 2 is 1.78 bits per heavy atom. The third-order valence-corrected chi connectivity index (χ3v) is 5.11. The number of rotatable bonds is 3. The molecule has 3 aromatic rings. The third kappa shape index (κ3) is 4.15. The number of carbonyl (C=O) groups is 1. The Hall–Kier alpha value is -2.76. The number of halogens is 1. The number of carbonyl (C=O) groups excluding carboxylic acids is 1. The number of amides is 1. The molecule has 0 radical (unpaired) electrons. The van der Waals surface area contributed by atoms with E-state index in [0.717, 1.165) is 22.6 Å².